The lowest BCUT2D eigenvalue weighted by molar-refractivity contribution is 0.101. The molecule has 2 aromatic rings. The molecule has 1 amide bonds. The fraction of sp³-hybridized carbons (Fsp3) is 0.286. The number of para-hydroxylation sites is 1. The van der Waals surface area contributed by atoms with Crippen LogP contribution >= 0.6 is 0 Å². The van der Waals surface area contributed by atoms with Gasteiger partial charge in [-0.25, -0.2) is 0 Å². The molecule has 5 nitrogen and oxygen atoms in total. The van der Waals surface area contributed by atoms with E-state index in [1.807, 2.05) is 32.9 Å². The zero-order chi connectivity index (χ0) is 14.0. The first-order valence-electron chi connectivity index (χ1n) is 6.23. The molecule has 2 rings (SSSR count). The first kappa shape index (κ1) is 13.1. The number of nitrogens with two attached hydrogens (primary N) is 1. The topological polar surface area (TPSA) is 72.9 Å². The predicted octanol–water partition coefficient (Wildman–Crippen LogP) is 2.35. The highest BCUT2D eigenvalue weighted by Crippen LogP contribution is 2.23. The molecular weight excluding hydrogens is 240 g/mol. The van der Waals surface area contributed by atoms with Crippen molar-refractivity contribution < 1.29 is 4.79 Å². The molecule has 0 saturated heterocycles. The van der Waals surface area contributed by atoms with Crippen LogP contribution in [0.4, 0.5) is 11.4 Å². The van der Waals surface area contributed by atoms with Gasteiger partial charge in [-0.1, -0.05) is 12.1 Å². The molecule has 0 aliphatic rings. The maximum atomic E-state index is 12.3. The molecule has 0 atom stereocenters. The number of carbonyl (C=O) groups is 1. The van der Waals surface area contributed by atoms with Gasteiger partial charge in [-0.05, 0) is 38.5 Å². The zero-order valence-corrected chi connectivity index (χ0v) is 11.4. The summed E-state index contributed by atoms with van der Waals surface area (Å²) in [6, 6.07) is 7.31. The van der Waals surface area contributed by atoms with E-state index >= 15 is 0 Å². The van der Waals surface area contributed by atoms with Crippen LogP contribution in [0.1, 0.15) is 28.7 Å². The Morgan fingerprint density at radius 2 is 2.16 bits per heavy atom. The van der Waals surface area contributed by atoms with E-state index < -0.39 is 0 Å². The third-order valence-corrected chi connectivity index (χ3v) is 2.98. The van der Waals surface area contributed by atoms with E-state index in [0.717, 1.165) is 11.3 Å². The van der Waals surface area contributed by atoms with Crippen LogP contribution in [-0.4, -0.2) is 15.7 Å². The quantitative estimate of drug-likeness (QED) is 0.830. The maximum Gasteiger partial charge on any atom is 0.274 e. The van der Waals surface area contributed by atoms with Gasteiger partial charge in [-0.3, -0.25) is 9.48 Å². The fourth-order valence-electron chi connectivity index (χ4n) is 2.01. The molecule has 0 fully saturated rings. The van der Waals surface area contributed by atoms with Crippen molar-refractivity contribution in [2.45, 2.75) is 27.3 Å². The largest absolute Gasteiger partial charge is 0.397 e. The monoisotopic (exact) mass is 258 g/mol. The number of nitrogens with zero attached hydrogens (tertiary/aromatic N) is 2. The molecule has 3 N–H and O–H groups in total. The van der Waals surface area contributed by atoms with Crippen LogP contribution in [0.3, 0.4) is 0 Å². The summed E-state index contributed by atoms with van der Waals surface area (Å²) >= 11 is 0. The Kier molecular flexibility index (Phi) is 3.55. The number of aromatic nitrogens is 2. The molecule has 0 unspecified atom stereocenters. The zero-order valence-electron chi connectivity index (χ0n) is 11.4. The van der Waals surface area contributed by atoms with Crippen molar-refractivity contribution in [1.82, 2.24) is 9.78 Å². The Morgan fingerprint density at radius 1 is 1.42 bits per heavy atom. The highest BCUT2D eigenvalue weighted by atomic mass is 16.2. The van der Waals surface area contributed by atoms with Crippen molar-refractivity contribution >= 4 is 17.3 Å². The summed E-state index contributed by atoms with van der Waals surface area (Å²) in [5, 5.41) is 7.12. The molecule has 1 heterocycles. The number of nitrogen functional groups attached to an aromatic ring is 1. The number of hydrogen-bond donors (Lipinski definition) is 2. The average molecular weight is 258 g/mol. The minimum absolute atomic E-state index is 0.191. The molecule has 1 aromatic heterocycles. The van der Waals surface area contributed by atoms with E-state index in [1.54, 1.807) is 16.8 Å². The Bertz CT molecular complexity index is 596. The van der Waals surface area contributed by atoms with E-state index in [2.05, 4.69) is 10.4 Å². The van der Waals surface area contributed by atoms with Gasteiger partial charge in [0.05, 0.1) is 17.1 Å². The number of benzene rings is 1. The number of rotatable bonds is 3. The molecule has 19 heavy (non-hydrogen) atoms. The summed E-state index contributed by atoms with van der Waals surface area (Å²) in [6.07, 6.45) is 0. The highest BCUT2D eigenvalue weighted by Gasteiger charge is 2.15. The van der Waals surface area contributed by atoms with Gasteiger partial charge >= 0.3 is 0 Å². The smallest absolute Gasteiger partial charge is 0.274 e. The number of hydrogen-bond acceptors (Lipinski definition) is 3. The third-order valence-electron chi connectivity index (χ3n) is 2.98. The number of nitrogens with one attached hydrogen (secondary N) is 1. The van der Waals surface area contributed by atoms with Gasteiger partial charge in [0, 0.05) is 6.54 Å². The van der Waals surface area contributed by atoms with Crippen molar-refractivity contribution in [3.05, 3.63) is 41.2 Å². The number of anilines is 2. The van der Waals surface area contributed by atoms with Gasteiger partial charge in [0.25, 0.3) is 5.91 Å². The van der Waals surface area contributed by atoms with Crippen LogP contribution in [0, 0.1) is 13.8 Å². The van der Waals surface area contributed by atoms with E-state index in [9.17, 15) is 4.79 Å². The van der Waals surface area contributed by atoms with Crippen molar-refractivity contribution in [2.75, 3.05) is 11.1 Å². The number of aryl methyl sites for hydroxylation is 3. The van der Waals surface area contributed by atoms with Gasteiger partial charge in [0.1, 0.15) is 5.69 Å². The van der Waals surface area contributed by atoms with Gasteiger partial charge in [0.2, 0.25) is 0 Å². The summed E-state index contributed by atoms with van der Waals surface area (Å²) in [6.45, 7) is 6.38. The van der Waals surface area contributed by atoms with Crippen LogP contribution in [0.25, 0.3) is 0 Å². The molecule has 0 saturated carbocycles. The van der Waals surface area contributed by atoms with Gasteiger partial charge < -0.3 is 11.1 Å². The predicted molar refractivity (Wildman–Crippen MR) is 76.2 cm³/mol. The fourth-order valence-corrected chi connectivity index (χ4v) is 2.01. The summed E-state index contributed by atoms with van der Waals surface area (Å²) in [7, 11) is 0. The first-order chi connectivity index (χ1) is 9.02. The standard InChI is InChI=1S/C14H18N4O/c1-4-18-12(8-10(3)17-18)14(19)16-13-9(2)6-5-7-11(13)15/h5-8H,4,15H2,1-3H3,(H,16,19). The molecule has 0 aliphatic carbocycles. The lowest BCUT2D eigenvalue weighted by Crippen LogP contribution is -2.18. The highest BCUT2D eigenvalue weighted by molar-refractivity contribution is 6.05. The first-order valence-corrected chi connectivity index (χ1v) is 6.23. The Hall–Kier alpha value is -2.30. The van der Waals surface area contributed by atoms with Crippen molar-refractivity contribution in [3.63, 3.8) is 0 Å². The number of carbonyl (C=O) groups excluding carboxylic acids is 1. The molecule has 0 radical (unpaired) electrons. The van der Waals surface area contributed by atoms with Crippen molar-refractivity contribution in [2.24, 2.45) is 0 Å². The van der Waals surface area contributed by atoms with Gasteiger partial charge in [-0.15, -0.1) is 0 Å². The summed E-state index contributed by atoms with van der Waals surface area (Å²) in [4.78, 5) is 12.3. The van der Waals surface area contributed by atoms with Gasteiger partial charge in [-0.2, -0.15) is 5.10 Å². The molecule has 0 spiro atoms. The third kappa shape index (κ3) is 2.59. The minimum Gasteiger partial charge on any atom is -0.397 e. The Balaban J connectivity index is 2.31. The summed E-state index contributed by atoms with van der Waals surface area (Å²) in [5.41, 5.74) is 9.42. The van der Waals surface area contributed by atoms with Crippen molar-refractivity contribution in [3.8, 4) is 0 Å². The maximum absolute atomic E-state index is 12.3. The van der Waals surface area contributed by atoms with Crippen LogP contribution < -0.4 is 11.1 Å². The van der Waals surface area contributed by atoms with E-state index in [4.69, 9.17) is 5.73 Å². The molecule has 0 bridgehead atoms. The molecule has 5 heteroatoms. The molecule has 1 aromatic carbocycles. The molecule has 100 valence electrons. The van der Waals surface area contributed by atoms with E-state index in [0.29, 0.717) is 23.6 Å². The Morgan fingerprint density at radius 3 is 2.79 bits per heavy atom. The second-order valence-corrected chi connectivity index (χ2v) is 4.48. The summed E-state index contributed by atoms with van der Waals surface area (Å²) in [5.74, 6) is -0.191. The SMILES string of the molecule is CCn1nc(C)cc1C(=O)Nc1c(C)cccc1N. The van der Waals surface area contributed by atoms with Gasteiger partial charge in [0.15, 0.2) is 0 Å². The van der Waals surface area contributed by atoms with Crippen LogP contribution in [-0.2, 0) is 6.54 Å². The average Bonchev–Trinajstić information content (AvgIpc) is 2.75. The normalized spacial score (nSPS) is 10.5. The molecular formula is C14H18N4O. The second-order valence-electron chi connectivity index (χ2n) is 4.48. The number of amides is 1. The van der Waals surface area contributed by atoms with Crippen LogP contribution in [0.15, 0.2) is 24.3 Å². The molecule has 0 aliphatic heterocycles. The van der Waals surface area contributed by atoms with Crippen LogP contribution in [0.2, 0.25) is 0 Å². The van der Waals surface area contributed by atoms with E-state index in [1.165, 1.54) is 0 Å². The minimum atomic E-state index is -0.191. The van der Waals surface area contributed by atoms with Crippen molar-refractivity contribution in [1.29, 1.82) is 0 Å². The van der Waals surface area contributed by atoms with Crippen LogP contribution in [0.5, 0.6) is 0 Å². The summed E-state index contributed by atoms with van der Waals surface area (Å²) < 4.78 is 1.68. The lowest BCUT2D eigenvalue weighted by atomic mass is 10.1. The second kappa shape index (κ2) is 5.14. The van der Waals surface area contributed by atoms with E-state index in [-0.39, 0.29) is 5.91 Å². The Labute approximate surface area is 112 Å². The lowest BCUT2D eigenvalue weighted by Gasteiger charge is -2.11.